The topological polar surface area (TPSA) is 76.8 Å². The van der Waals surface area contributed by atoms with Crippen LogP contribution in [-0.4, -0.2) is 37.6 Å². The first-order chi connectivity index (χ1) is 15.1. The van der Waals surface area contributed by atoms with E-state index in [1.165, 1.54) is 18.2 Å². The molecule has 3 aromatic rings. The first-order valence-electron chi connectivity index (χ1n) is 9.96. The molecule has 5 rings (SSSR count). The molecule has 32 heavy (non-hydrogen) atoms. The van der Waals surface area contributed by atoms with Crippen molar-refractivity contribution in [2.45, 2.75) is 25.2 Å². The maximum Gasteiger partial charge on any atom is 0.450 e. The molecule has 1 fully saturated rings. The SMILES string of the molecule is O=c1c(-c2ccccc2)c(C(F)(F)F)oc2c3c(ccc12)OCN([C@H]1CCS(=O)(=O)C1)C3. The molecule has 0 saturated carbocycles. The predicted molar refractivity (Wildman–Crippen MR) is 111 cm³/mol. The van der Waals surface area contributed by atoms with E-state index in [0.29, 0.717) is 17.7 Å². The average molecular weight is 465 g/mol. The first-order valence-corrected chi connectivity index (χ1v) is 11.8. The summed E-state index contributed by atoms with van der Waals surface area (Å²) in [5.41, 5.74) is -1.10. The Balaban J connectivity index is 1.68. The van der Waals surface area contributed by atoms with Gasteiger partial charge in [0.2, 0.25) is 11.2 Å². The Kier molecular flexibility index (Phi) is 4.82. The highest BCUT2D eigenvalue weighted by Gasteiger charge is 2.40. The van der Waals surface area contributed by atoms with Crippen LogP contribution in [0.2, 0.25) is 0 Å². The fraction of sp³-hybridized carbons (Fsp3) is 0.318. The zero-order valence-corrected chi connectivity index (χ0v) is 17.5. The molecular weight excluding hydrogens is 447 g/mol. The van der Waals surface area contributed by atoms with Gasteiger partial charge in [0.25, 0.3) is 0 Å². The van der Waals surface area contributed by atoms with Crippen molar-refractivity contribution < 1.29 is 30.7 Å². The smallest absolute Gasteiger partial charge is 0.450 e. The summed E-state index contributed by atoms with van der Waals surface area (Å²) in [6.45, 7) is 0.231. The van der Waals surface area contributed by atoms with Crippen LogP contribution in [0.5, 0.6) is 5.75 Å². The molecule has 2 aromatic carbocycles. The fourth-order valence-electron chi connectivity index (χ4n) is 4.35. The van der Waals surface area contributed by atoms with Crippen molar-refractivity contribution in [1.29, 1.82) is 0 Å². The average Bonchev–Trinajstić information content (AvgIpc) is 3.12. The van der Waals surface area contributed by atoms with E-state index >= 15 is 0 Å². The Morgan fingerprint density at radius 1 is 1.06 bits per heavy atom. The maximum absolute atomic E-state index is 13.9. The van der Waals surface area contributed by atoms with Crippen molar-refractivity contribution in [3.05, 3.63) is 64.0 Å². The van der Waals surface area contributed by atoms with Crippen LogP contribution in [0.4, 0.5) is 13.2 Å². The number of alkyl halides is 3. The number of hydrogen-bond acceptors (Lipinski definition) is 6. The number of hydrogen-bond donors (Lipinski definition) is 0. The Morgan fingerprint density at radius 2 is 1.81 bits per heavy atom. The summed E-state index contributed by atoms with van der Waals surface area (Å²) in [4.78, 5) is 15.0. The number of ether oxygens (including phenoxy) is 1. The highest BCUT2D eigenvalue weighted by molar-refractivity contribution is 7.91. The van der Waals surface area contributed by atoms with Crippen LogP contribution in [0.25, 0.3) is 22.1 Å². The lowest BCUT2D eigenvalue weighted by Gasteiger charge is -2.33. The number of rotatable bonds is 2. The summed E-state index contributed by atoms with van der Waals surface area (Å²) in [6, 6.07) is 10.2. The molecule has 6 nitrogen and oxygen atoms in total. The minimum absolute atomic E-state index is 0.0140. The number of nitrogens with zero attached hydrogens (tertiary/aromatic N) is 1. The van der Waals surface area contributed by atoms with Gasteiger partial charge in [0.05, 0.1) is 28.0 Å². The van der Waals surface area contributed by atoms with Gasteiger partial charge in [-0.25, -0.2) is 8.42 Å². The molecule has 0 amide bonds. The standard InChI is InChI=1S/C22H18F3NO5S/c23-22(24,25)21-18(13-4-2-1-3-5-13)19(27)15-6-7-17-16(20(15)31-21)10-26(12-30-17)14-8-9-32(28,29)11-14/h1-7,14H,8-12H2/t14-/m0/s1. The van der Waals surface area contributed by atoms with E-state index in [2.05, 4.69) is 0 Å². The number of sulfone groups is 1. The van der Waals surface area contributed by atoms with Crippen molar-refractivity contribution in [2.24, 2.45) is 0 Å². The van der Waals surface area contributed by atoms with Gasteiger partial charge in [0.1, 0.15) is 18.1 Å². The third-order valence-corrected chi connectivity index (χ3v) is 7.66. The molecule has 0 spiro atoms. The van der Waals surface area contributed by atoms with Crippen LogP contribution < -0.4 is 10.2 Å². The first kappa shape index (κ1) is 21.0. The van der Waals surface area contributed by atoms with E-state index < -0.39 is 32.8 Å². The molecule has 0 aliphatic carbocycles. The Labute approximate surface area is 181 Å². The quantitative estimate of drug-likeness (QED) is 0.573. The molecule has 2 aliphatic heterocycles. The molecule has 2 aliphatic rings. The second kappa shape index (κ2) is 7.35. The third kappa shape index (κ3) is 3.57. The molecule has 1 aromatic heterocycles. The Bertz CT molecular complexity index is 1370. The molecule has 3 heterocycles. The fourth-order valence-corrected chi connectivity index (χ4v) is 6.11. The lowest BCUT2D eigenvalue weighted by molar-refractivity contribution is -0.152. The molecule has 0 radical (unpaired) electrons. The summed E-state index contributed by atoms with van der Waals surface area (Å²) < 4.78 is 76.6. The minimum Gasteiger partial charge on any atom is -0.478 e. The molecule has 1 atom stereocenters. The molecule has 1 saturated heterocycles. The van der Waals surface area contributed by atoms with Gasteiger partial charge in [-0.05, 0) is 24.1 Å². The lowest BCUT2D eigenvalue weighted by Crippen LogP contribution is -2.41. The van der Waals surface area contributed by atoms with E-state index in [1.54, 1.807) is 29.2 Å². The van der Waals surface area contributed by atoms with Crippen LogP contribution in [0.3, 0.4) is 0 Å². The molecular formula is C22H18F3NO5S. The minimum atomic E-state index is -4.89. The Morgan fingerprint density at radius 3 is 2.47 bits per heavy atom. The Hall–Kier alpha value is -2.85. The van der Waals surface area contributed by atoms with Gasteiger partial charge in [-0.3, -0.25) is 9.69 Å². The van der Waals surface area contributed by atoms with Gasteiger partial charge in [-0.1, -0.05) is 30.3 Å². The summed E-state index contributed by atoms with van der Waals surface area (Å²) >= 11 is 0. The third-order valence-electron chi connectivity index (χ3n) is 5.91. The van der Waals surface area contributed by atoms with Gasteiger partial charge < -0.3 is 9.15 Å². The van der Waals surface area contributed by atoms with Crippen molar-refractivity contribution in [2.75, 3.05) is 18.2 Å². The second-order valence-corrected chi connectivity index (χ2v) is 10.2. The van der Waals surface area contributed by atoms with Gasteiger partial charge in [0.15, 0.2) is 9.84 Å². The molecule has 0 bridgehead atoms. The zero-order chi connectivity index (χ0) is 22.7. The van der Waals surface area contributed by atoms with E-state index in [1.807, 2.05) is 0 Å². The van der Waals surface area contributed by atoms with Crippen molar-refractivity contribution in [3.8, 4) is 16.9 Å². The van der Waals surface area contributed by atoms with Crippen molar-refractivity contribution >= 4 is 20.8 Å². The highest BCUT2D eigenvalue weighted by Crippen LogP contribution is 2.40. The van der Waals surface area contributed by atoms with Crippen LogP contribution in [0.15, 0.2) is 51.7 Å². The number of halogens is 3. The summed E-state index contributed by atoms with van der Waals surface area (Å²) in [5.74, 6) is -1.02. The summed E-state index contributed by atoms with van der Waals surface area (Å²) in [6.07, 6.45) is -4.47. The molecule has 0 unspecified atom stereocenters. The monoisotopic (exact) mass is 465 g/mol. The molecule has 0 N–H and O–H groups in total. The lowest BCUT2D eigenvalue weighted by atomic mass is 9.99. The molecule has 168 valence electrons. The van der Waals surface area contributed by atoms with Gasteiger partial charge in [0, 0.05) is 12.6 Å². The number of benzene rings is 2. The molecule has 10 heteroatoms. The van der Waals surface area contributed by atoms with Crippen LogP contribution in [-0.2, 0) is 22.6 Å². The largest absolute Gasteiger partial charge is 0.478 e. The van der Waals surface area contributed by atoms with Crippen LogP contribution >= 0.6 is 0 Å². The normalized spacial score (nSPS) is 20.8. The van der Waals surface area contributed by atoms with Gasteiger partial charge in [-0.15, -0.1) is 0 Å². The van der Waals surface area contributed by atoms with E-state index in [4.69, 9.17) is 9.15 Å². The van der Waals surface area contributed by atoms with Gasteiger partial charge in [-0.2, -0.15) is 13.2 Å². The van der Waals surface area contributed by atoms with Crippen LogP contribution in [0, 0.1) is 0 Å². The van der Waals surface area contributed by atoms with Crippen LogP contribution in [0.1, 0.15) is 17.7 Å². The number of fused-ring (bicyclic) bond motifs is 3. The summed E-state index contributed by atoms with van der Waals surface area (Å²) in [7, 11) is -3.15. The van der Waals surface area contributed by atoms with E-state index in [-0.39, 0.29) is 47.4 Å². The second-order valence-electron chi connectivity index (χ2n) is 8.00. The predicted octanol–water partition coefficient (Wildman–Crippen LogP) is 3.82. The van der Waals surface area contributed by atoms with Gasteiger partial charge >= 0.3 is 6.18 Å². The zero-order valence-electron chi connectivity index (χ0n) is 16.7. The summed E-state index contributed by atoms with van der Waals surface area (Å²) in [5, 5.41) is 0.0140. The van der Waals surface area contributed by atoms with E-state index in [0.717, 1.165) is 0 Å². The van der Waals surface area contributed by atoms with Crippen molar-refractivity contribution in [1.82, 2.24) is 4.90 Å². The van der Waals surface area contributed by atoms with E-state index in [9.17, 15) is 26.4 Å². The van der Waals surface area contributed by atoms with Crippen molar-refractivity contribution in [3.63, 3.8) is 0 Å². The maximum atomic E-state index is 13.9. The highest BCUT2D eigenvalue weighted by atomic mass is 32.2.